The van der Waals surface area contributed by atoms with Crippen molar-refractivity contribution in [3.8, 4) is 0 Å². The molecule has 21 heavy (non-hydrogen) atoms. The summed E-state index contributed by atoms with van der Waals surface area (Å²) in [7, 11) is 0. The van der Waals surface area contributed by atoms with Crippen LogP contribution in [0.1, 0.15) is 45.4 Å². The first kappa shape index (κ1) is 16.3. The topological polar surface area (TPSA) is 52.7 Å². The second kappa shape index (κ2) is 8.37. The summed E-state index contributed by atoms with van der Waals surface area (Å²) < 4.78 is 0. The van der Waals surface area contributed by atoms with Crippen LogP contribution in [0.4, 0.5) is 0 Å². The fourth-order valence-electron chi connectivity index (χ4n) is 3.38. The standard InChI is InChI=1S/C16H29N3O2/c1-2-17-15(20)13-18-8-10-19(11-9-18)16(21)12-14-6-4-3-5-7-14/h14H,2-13H2,1H3,(H,17,20). The van der Waals surface area contributed by atoms with E-state index in [4.69, 9.17) is 0 Å². The average Bonchev–Trinajstić information content (AvgIpc) is 2.49. The van der Waals surface area contributed by atoms with Gasteiger partial charge >= 0.3 is 0 Å². The number of hydrogen-bond acceptors (Lipinski definition) is 3. The Kier molecular flexibility index (Phi) is 6.49. The van der Waals surface area contributed by atoms with E-state index in [1.807, 2.05) is 11.8 Å². The van der Waals surface area contributed by atoms with Crippen LogP contribution in [0, 0.1) is 5.92 Å². The van der Waals surface area contributed by atoms with Gasteiger partial charge < -0.3 is 10.2 Å². The summed E-state index contributed by atoms with van der Waals surface area (Å²) in [6.07, 6.45) is 7.10. The van der Waals surface area contributed by atoms with Crippen LogP contribution in [0.15, 0.2) is 0 Å². The number of piperazine rings is 1. The van der Waals surface area contributed by atoms with Crippen molar-refractivity contribution in [1.82, 2.24) is 15.1 Å². The molecule has 5 nitrogen and oxygen atoms in total. The maximum atomic E-state index is 12.3. The summed E-state index contributed by atoms with van der Waals surface area (Å²) in [6, 6.07) is 0. The molecule has 0 bridgehead atoms. The first-order chi connectivity index (χ1) is 10.2. The van der Waals surface area contributed by atoms with Gasteiger partial charge in [-0.05, 0) is 25.7 Å². The van der Waals surface area contributed by atoms with E-state index in [9.17, 15) is 9.59 Å². The Bertz CT molecular complexity index is 345. The van der Waals surface area contributed by atoms with Crippen molar-refractivity contribution in [2.24, 2.45) is 5.92 Å². The van der Waals surface area contributed by atoms with Gasteiger partial charge in [-0.3, -0.25) is 14.5 Å². The number of likely N-dealkylation sites (N-methyl/N-ethyl adjacent to an activating group) is 1. The van der Waals surface area contributed by atoms with Crippen LogP contribution in [0.5, 0.6) is 0 Å². The van der Waals surface area contributed by atoms with Gasteiger partial charge in [-0.15, -0.1) is 0 Å². The van der Waals surface area contributed by atoms with Gasteiger partial charge in [0.2, 0.25) is 11.8 Å². The number of amides is 2. The lowest BCUT2D eigenvalue weighted by molar-refractivity contribution is -0.134. The van der Waals surface area contributed by atoms with Gasteiger partial charge in [-0.25, -0.2) is 0 Å². The molecule has 2 rings (SSSR count). The normalized spacial score (nSPS) is 21.3. The molecule has 1 saturated heterocycles. The summed E-state index contributed by atoms with van der Waals surface area (Å²) in [5, 5.41) is 2.82. The molecule has 0 aromatic rings. The molecule has 1 aliphatic heterocycles. The number of rotatable bonds is 5. The summed E-state index contributed by atoms with van der Waals surface area (Å²) in [5.74, 6) is 1.01. The van der Waals surface area contributed by atoms with Crippen molar-refractivity contribution >= 4 is 11.8 Å². The largest absolute Gasteiger partial charge is 0.355 e. The van der Waals surface area contributed by atoms with Gasteiger partial charge in [0.1, 0.15) is 0 Å². The quantitative estimate of drug-likeness (QED) is 0.830. The van der Waals surface area contributed by atoms with Crippen molar-refractivity contribution in [2.45, 2.75) is 45.4 Å². The third-order valence-electron chi connectivity index (χ3n) is 4.65. The van der Waals surface area contributed by atoms with E-state index in [1.54, 1.807) is 0 Å². The van der Waals surface area contributed by atoms with Gasteiger partial charge in [0, 0.05) is 39.1 Å². The van der Waals surface area contributed by atoms with Crippen molar-refractivity contribution in [3.63, 3.8) is 0 Å². The number of carbonyl (C=O) groups excluding carboxylic acids is 2. The molecule has 1 heterocycles. The molecule has 0 aromatic carbocycles. The van der Waals surface area contributed by atoms with Gasteiger partial charge in [-0.2, -0.15) is 0 Å². The summed E-state index contributed by atoms with van der Waals surface area (Å²) in [5.41, 5.74) is 0. The zero-order chi connectivity index (χ0) is 15.1. The van der Waals surface area contributed by atoms with Gasteiger partial charge in [-0.1, -0.05) is 19.3 Å². The fourth-order valence-corrected chi connectivity index (χ4v) is 3.38. The Labute approximate surface area is 128 Å². The van der Waals surface area contributed by atoms with Crippen LogP contribution in [0.3, 0.4) is 0 Å². The van der Waals surface area contributed by atoms with Gasteiger partial charge in [0.15, 0.2) is 0 Å². The first-order valence-corrected chi connectivity index (χ1v) is 8.46. The molecule has 0 aromatic heterocycles. The molecule has 2 amide bonds. The van der Waals surface area contributed by atoms with E-state index in [-0.39, 0.29) is 5.91 Å². The number of carbonyl (C=O) groups is 2. The van der Waals surface area contributed by atoms with Gasteiger partial charge in [0.05, 0.1) is 6.54 Å². The van der Waals surface area contributed by atoms with Crippen molar-refractivity contribution < 1.29 is 9.59 Å². The third-order valence-corrected chi connectivity index (χ3v) is 4.65. The van der Waals surface area contributed by atoms with Crippen LogP contribution < -0.4 is 5.32 Å². The SMILES string of the molecule is CCNC(=O)CN1CCN(C(=O)CC2CCCCC2)CC1. The molecule has 5 heteroatoms. The zero-order valence-corrected chi connectivity index (χ0v) is 13.3. The molecular weight excluding hydrogens is 266 g/mol. The van der Waals surface area contributed by atoms with E-state index < -0.39 is 0 Å². The predicted octanol–water partition coefficient (Wildman–Crippen LogP) is 1.24. The number of nitrogens with zero attached hydrogens (tertiary/aromatic N) is 2. The Balaban J connectivity index is 1.67. The molecule has 0 atom stereocenters. The second-order valence-corrected chi connectivity index (χ2v) is 6.32. The molecular formula is C16H29N3O2. The summed E-state index contributed by atoms with van der Waals surface area (Å²) in [4.78, 5) is 28.0. The Morgan fingerprint density at radius 1 is 1.05 bits per heavy atom. The third kappa shape index (κ3) is 5.30. The fraction of sp³-hybridized carbons (Fsp3) is 0.875. The Morgan fingerprint density at radius 2 is 1.71 bits per heavy atom. The van der Waals surface area contributed by atoms with Crippen LogP contribution in [0.2, 0.25) is 0 Å². The Morgan fingerprint density at radius 3 is 2.33 bits per heavy atom. The molecule has 2 fully saturated rings. The number of hydrogen-bond donors (Lipinski definition) is 1. The highest BCUT2D eigenvalue weighted by Gasteiger charge is 2.25. The van der Waals surface area contributed by atoms with Crippen molar-refractivity contribution in [3.05, 3.63) is 0 Å². The molecule has 0 spiro atoms. The van der Waals surface area contributed by atoms with E-state index >= 15 is 0 Å². The lowest BCUT2D eigenvalue weighted by Crippen LogP contribution is -2.51. The predicted molar refractivity (Wildman–Crippen MR) is 82.9 cm³/mol. The van der Waals surface area contributed by atoms with E-state index in [2.05, 4.69) is 10.2 Å². The Hall–Kier alpha value is -1.10. The average molecular weight is 295 g/mol. The lowest BCUT2D eigenvalue weighted by Gasteiger charge is -2.35. The minimum atomic E-state index is 0.0829. The summed E-state index contributed by atoms with van der Waals surface area (Å²) in [6.45, 7) is 6.23. The minimum Gasteiger partial charge on any atom is -0.355 e. The van der Waals surface area contributed by atoms with E-state index in [0.29, 0.717) is 24.9 Å². The first-order valence-electron chi connectivity index (χ1n) is 8.46. The van der Waals surface area contributed by atoms with Crippen molar-refractivity contribution in [1.29, 1.82) is 0 Å². The minimum absolute atomic E-state index is 0.0829. The molecule has 1 N–H and O–H groups in total. The van der Waals surface area contributed by atoms with Gasteiger partial charge in [0.25, 0.3) is 0 Å². The number of nitrogens with one attached hydrogen (secondary N) is 1. The molecule has 2 aliphatic rings. The molecule has 120 valence electrons. The van der Waals surface area contributed by atoms with Crippen molar-refractivity contribution in [2.75, 3.05) is 39.3 Å². The second-order valence-electron chi connectivity index (χ2n) is 6.32. The van der Waals surface area contributed by atoms with Crippen LogP contribution in [-0.2, 0) is 9.59 Å². The smallest absolute Gasteiger partial charge is 0.234 e. The molecule has 0 radical (unpaired) electrons. The highest BCUT2D eigenvalue weighted by molar-refractivity contribution is 5.78. The van der Waals surface area contributed by atoms with E-state index in [1.165, 1.54) is 32.1 Å². The van der Waals surface area contributed by atoms with Crippen LogP contribution >= 0.6 is 0 Å². The van der Waals surface area contributed by atoms with Crippen LogP contribution in [-0.4, -0.2) is 60.9 Å². The van der Waals surface area contributed by atoms with Crippen LogP contribution in [0.25, 0.3) is 0 Å². The zero-order valence-electron chi connectivity index (χ0n) is 13.3. The molecule has 1 aliphatic carbocycles. The highest BCUT2D eigenvalue weighted by atomic mass is 16.2. The molecule has 1 saturated carbocycles. The molecule has 0 unspecified atom stereocenters. The maximum Gasteiger partial charge on any atom is 0.234 e. The van der Waals surface area contributed by atoms with E-state index in [0.717, 1.165) is 32.6 Å². The maximum absolute atomic E-state index is 12.3. The lowest BCUT2D eigenvalue weighted by atomic mass is 9.86. The monoisotopic (exact) mass is 295 g/mol. The highest BCUT2D eigenvalue weighted by Crippen LogP contribution is 2.26. The summed E-state index contributed by atoms with van der Waals surface area (Å²) >= 11 is 0.